The van der Waals surface area contributed by atoms with Crippen LogP contribution in [0.15, 0.2) is 48.8 Å². The molecule has 4 aromatic rings. The van der Waals surface area contributed by atoms with Crippen LogP contribution < -0.4 is 4.74 Å². The van der Waals surface area contributed by atoms with Crippen molar-refractivity contribution in [2.45, 2.75) is 25.5 Å². The summed E-state index contributed by atoms with van der Waals surface area (Å²) in [5.41, 5.74) is 4.71. The van der Waals surface area contributed by atoms with E-state index in [1.165, 1.54) is 12.4 Å². The van der Waals surface area contributed by atoms with Crippen LogP contribution in [0, 0.1) is 11.3 Å². The highest BCUT2D eigenvalue weighted by molar-refractivity contribution is 5.93. The van der Waals surface area contributed by atoms with Gasteiger partial charge in [0.2, 0.25) is 0 Å². The maximum absolute atomic E-state index is 12.8. The van der Waals surface area contributed by atoms with Gasteiger partial charge in [-0.25, -0.2) is 4.68 Å². The van der Waals surface area contributed by atoms with Crippen LogP contribution in [0.2, 0.25) is 0 Å². The number of aryl methyl sites for hydroxylation is 1. The zero-order valence-corrected chi connectivity index (χ0v) is 15.1. The average Bonchev–Trinajstić information content (AvgIpc) is 3.45. The Balaban J connectivity index is 1.46. The smallest absolute Gasteiger partial charge is 0.333 e. The van der Waals surface area contributed by atoms with E-state index in [-0.39, 0.29) is 6.10 Å². The highest BCUT2D eigenvalue weighted by Crippen LogP contribution is 2.37. The van der Waals surface area contributed by atoms with E-state index in [2.05, 4.69) is 21.4 Å². The number of alkyl halides is 2. The van der Waals surface area contributed by atoms with Gasteiger partial charge in [-0.15, -0.1) is 0 Å². The van der Waals surface area contributed by atoms with E-state index in [1.807, 2.05) is 30.3 Å². The van der Waals surface area contributed by atoms with Gasteiger partial charge in [-0.05, 0) is 54.3 Å². The average molecular weight is 391 g/mol. The van der Waals surface area contributed by atoms with E-state index >= 15 is 0 Å². The van der Waals surface area contributed by atoms with Gasteiger partial charge in [0.25, 0.3) is 0 Å². The first kappa shape index (κ1) is 17.4. The Morgan fingerprint density at radius 2 is 2.14 bits per heavy atom. The van der Waals surface area contributed by atoms with Crippen LogP contribution in [0.4, 0.5) is 8.78 Å². The minimum Gasteiger partial charge on any atom is -0.486 e. The number of rotatable bonds is 4. The van der Waals surface area contributed by atoms with Crippen LogP contribution in [0.1, 0.15) is 35.8 Å². The van der Waals surface area contributed by atoms with Crippen LogP contribution in [0.3, 0.4) is 0 Å². The quantitative estimate of drug-likeness (QED) is 0.544. The molecule has 2 heterocycles. The minimum atomic E-state index is -2.70. The molecule has 1 N–H and O–H groups in total. The number of aromatic amines is 1. The molecule has 1 aliphatic rings. The standard InChI is InChI=1S/C21H15F2N5O/c22-21(23)28-11-14(10-25-28)20-17-8-15(3-5-18(17)26-27-20)29-19-6-2-13-7-12(9-24)1-4-16(13)19/h1,3-5,7-8,10-11,19,21H,2,6H2,(H,26,27)/t19-/m0/s1. The third-order valence-electron chi connectivity index (χ3n) is 5.18. The first-order valence-corrected chi connectivity index (χ1v) is 9.13. The number of nitrogens with one attached hydrogen (secondary N) is 1. The maximum Gasteiger partial charge on any atom is 0.333 e. The topological polar surface area (TPSA) is 79.5 Å². The van der Waals surface area contributed by atoms with E-state index in [0.717, 1.165) is 34.9 Å². The van der Waals surface area contributed by atoms with E-state index < -0.39 is 6.55 Å². The Labute approximate surface area is 164 Å². The van der Waals surface area contributed by atoms with Gasteiger partial charge in [-0.3, -0.25) is 5.10 Å². The molecule has 0 unspecified atom stereocenters. The molecule has 1 aliphatic carbocycles. The number of hydrogen-bond donors (Lipinski definition) is 1. The maximum atomic E-state index is 12.8. The van der Waals surface area contributed by atoms with Crippen molar-refractivity contribution in [3.63, 3.8) is 0 Å². The molecule has 0 amide bonds. The number of hydrogen-bond acceptors (Lipinski definition) is 4. The van der Waals surface area contributed by atoms with E-state index in [4.69, 9.17) is 10.00 Å². The molecule has 2 aromatic carbocycles. The van der Waals surface area contributed by atoms with Gasteiger partial charge in [-0.2, -0.15) is 24.2 Å². The Bertz CT molecular complexity index is 1250. The molecule has 6 nitrogen and oxygen atoms in total. The fourth-order valence-corrected chi connectivity index (χ4v) is 3.79. The van der Waals surface area contributed by atoms with Crippen LogP contribution >= 0.6 is 0 Å². The molecule has 0 spiro atoms. The van der Waals surface area contributed by atoms with E-state index in [1.54, 1.807) is 6.07 Å². The van der Waals surface area contributed by atoms with Gasteiger partial charge < -0.3 is 4.74 Å². The van der Waals surface area contributed by atoms with E-state index in [9.17, 15) is 8.78 Å². The number of benzene rings is 2. The Hall–Kier alpha value is -3.73. The van der Waals surface area contributed by atoms with Gasteiger partial charge in [0.1, 0.15) is 17.5 Å². The van der Waals surface area contributed by atoms with Gasteiger partial charge in [0.05, 0.1) is 23.3 Å². The molecule has 0 saturated carbocycles. The summed E-state index contributed by atoms with van der Waals surface area (Å²) in [5.74, 6) is 0.670. The lowest BCUT2D eigenvalue weighted by molar-refractivity contribution is 0.0566. The SMILES string of the molecule is N#Cc1ccc2c(c1)CC[C@@H]2Oc1ccc2[nH]nc(-c3cnn(C(F)F)c3)c2c1. The summed E-state index contributed by atoms with van der Waals surface area (Å²) in [7, 11) is 0. The number of fused-ring (bicyclic) bond motifs is 2. The molecule has 144 valence electrons. The number of halogens is 2. The van der Waals surface area contributed by atoms with Crippen molar-refractivity contribution in [3.05, 3.63) is 65.5 Å². The molecule has 8 heteroatoms. The van der Waals surface area contributed by atoms with Gasteiger partial charge in [-0.1, -0.05) is 6.07 Å². The summed E-state index contributed by atoms with van der Waals surface area (Å²) < 4.78 is 32.5. The van der Waals surface area contributed by atoms with Crippen molar-refractivity contribution in [1.29, 1.82) is 5.26 Å². The highest BCUT2D eigenvalue weighted by Gasteiger charge is 2.24. The lowest BCUT2D eigenvalue weighted by Crippen LogP contribution is -2.03. The molecule has 0 radical (unpaired) electrons. The second-order valence-corrected chi connectivity index (χ2v) is 6.94. The zero-order valence-electron chi connectivity index (χ0n) is 15.1. The van der Waals surface area contributed by atoms with Gasteiger partial charge in [0.15, 0.2) is 0 Å². The molecule has 29 heavy (non-hydrogen) atoms. The predicted octanol–water partition coefficient (Wildman–Crippen LogP) is 4.76. The Morgan fingerprint density at radius 3 is 2.93 bits per heavy atom. The lowest BCUT2D eigenvalue weighted by Gasteiger charge is -2.15. The summed E-state index contributed by atoms with van der Waals surface area (Å²) in [4.78, 5) is 0. The third-order valence-corrected chi connectivity index (χ3v) is 5.18. The van der Waals surface area contributed by atoms with Crippen molar-refractivity contribution in [1.82, 2.24) is 20.0 Å². The van der Waals surface area contributed by atoms with Crippen molar-refractivity contribution in [2.75, 3.05) is 0 Å². The number of nitrogens with zero attached hydrogens (tertiary/aromatic N) is 4. The molecular weight excluding hydrogens is 376 g/mol. The fourth-order valence-electron chi connectivity index (χ4n) is 3.79. The normalized spacial score (nSPS) is 15.6. The van der Waals surface area contributed by atoms with Crippen LogP contribution in [0.25, 0.3) is 22.2 Å². The number of ether oxygens (including phenoxy) is 1. The number of aromatic nitrogens is 4. The molecule has 0 aliphatic heterocycles. The Kier molecular flexibility index (Phi) is 4.02. The molecule has 0 bridgehead atoms. The molecule has 2 aromatic heterocycles. The molecule has 1 atom stereocenters. The number of H-pyrrole nitrogens is 1. The summed E-state index contributed by atoms with van der Waals surface area (Å²) in [6, 6.07) is 13.4. The zero-order chi connectivity index (χ0) is 20.0. The van der Waals surface area contributed by atoms with Crippen molar-refractivity contribution < 1.29 is 13.5 Å². The summed E-state index contributed by atoms with van der Waals surface area (Å²) in [6.07, 6.45) is 4.25. The largest absolute Gasteiger partial charge is 0.486 e. The number of nitriles is 1. The fraction of sp³-hybridized carbons (Fsp3) is 0.190. The first-order valence-electron chi connectivity index (χ1n) is 9.13. The molecule has 5 rings (SSSR count). The molecular formula is C21H15F2N5O. The van der Waals surface area contributed by atoms with E-state index in [0.29, 0.717) is 27.3 Å². The summed E-state index contributed by atoms with van der Waals surface area (Å²) in [6.45, 7) is -2.70. The highest BCUT2D eigenvalue weighted by atomic mass is 19.3. The van der Waals surface area contributed by atoms with Crippen molar-refractivity contribution in [2.24, 2.45) is 0 Å². The molecule has 0 saturated heterocycles. The van der Waals surface area contributed by atoms with Crippen molar-refractivity contribution >= 4 is 10.9 Å². The minimum absolute atomic E-state index is 0.0906. The Morgan fingerprint density at radius 1 is 1.24 bits per heavy atom. The summed E-state index contributed by atoms with van der Waals surface area (Å²) >= 11 is 0. The predicted molar refractivity (Wildman–Crippen MR) is 101 cm³/mol. The van der Waals surface area contributed by atoms with Crippen LogP contribution in [0.5, 0.6) is 5.75 Å². The van der Waals surface area contributed by atoms with Gasteiger partial charge in [0, 0.05) is 17.1 Å². The van der Waals surface area contributed by atoms with Gasteiger partial charge >= 0.3 is 6.55 Å². The third kappa shape index (κ3) is 3.01. The molecule has 0 fully saturated rings. The monoisotopic (exact) mass is 391 g/mol. The second kappa shape index (κ2) is 6.71. The van der Waals surface area contributed by atoms with Crippen molar-refractivity contribution in [3.8, 4) is 23.1 Å². The van der Waals surface area contributed by atoms with Crippen LogP contribution in [-0.2, 0) is 6.42 Å². The lowest BCUT2D eigenvalue weighted by atomic mass is 10.1. The first-order chi connectivity index (χ1) is 14.1. The summed E-state index contributed by atoms with van der Waals surface area (Å²) in [5, 5.41) is 20.7. The van der Waals surface area contributed by atoms with Crippen LogP contribution in [-0.4, -0.2) is 20.0 Å². The second-order valence-electron chi connectivity index (χ2n) is 6.94.